The summed E-state index contributed by atoms with van der Waals surface area (Å²) in [6, 6.07) is 11.5. The van der Waals surface area contributed by atoms with Crippen LogP contribution in [0.15, 0.2) is 60.9 Å². The van der Waals surface area contributed by atoms with Crippen molar-refractivity contribution in [1.82, 2.24) is 4.98 Å². The van der Waals surface area contributed by atoms with Gasteiger partial charge in [0.1, 0.15) is 0 Å². The molecule has 2 rings (SSSR count). The first kappa shape index (κ1) is 13.8. The molecule has 0 spiro atoms. The minimum Gasteiger partial charge on any atom is -0.380 e. The number of amides is 1. The summed E-state index contributed by atoms with van der Waals surface area (Å²) in [4.78, 5) is 15.5. The van der Waals surface area contributed by atoms with Crippen LogP contribution in [0.1, 0.15) is 12.5 Å². The van der Waals surface area contributed by atoms with Crippen LogP contribution in [-0.2, 0) is 11.3 Å². The van der Waals surface area contributed by atoms with Crippen molar-refractivity contribution in [3.8, 4) is 0 Å². The molecule has 0 aliphatic carbocycles. The number of carbonyl (C=O) groups is 1. The van der Waals surface area contributed by atoms with Crippen LogP contribution >= 0.6 is 0 Å². The first-order chi connectivity index (χ1) is 9.65. The Morgan fingerprint density at radius 3 is 2.55 bits per heavy atom. The van der Waals surface area contributed by atoms with Crippen molar-refractivity contribution in [2.75, 3.05) is 10.6 Å². The Morgan fingerprint density at radius 2 is 1.95 bits per heavy atom. The topological polar surface area (TPSA) is 54.0 Å². The van der Waals surface area contributed by atoms with Gasteiger partial charge in [-0.3, -0.25) is 9.78 Å². The van der Waals surface area contributed by atoms with Crippen molar-refractivity contribution in [3.05, 3.63) is 66.5 Å². The molecule has 0 fully saturated rings. The maximum Gasteiger partial charge on any atom is 0.250 e. The normalized spacial score (nSPS) is 9.85. The van der Waals surface area contributed by atoms with Crippen LogP contribution in [0.25, 0.3) is 0 Å². The van der Waals surface area contributed by atoms with Gasteiger partial charge in [0.2, 0.25) is 0 Å². The quantitative estimate of drug-likeness (QED) is 0.818. The van der Waals surface area contributed by atoms with Crippen LogP contribution in [-0.4, -0.2) is 10.9 Å². The summed E-state index contributed by atoms with van der Waals surface area (Å²) in [5.74, 6) is -0.161. The molecule has 0 aliphatic rings. The number of nitrogens with one attached hydrogen (secondary N) is 2. The number of carbonyl (C=O) groups excluding carboxylic acids is 1. The lowest BCUT2D eigenvalue weighted by Crippen LogP contribution is -2.11. The van der Waals surface area contributed by atoms with E-state index in [0.717, 1.165) is 16.9 Å². The van der Waals surface area contributed by atoms with Crippen molar-refractivity contribution < 1.29 is 4.79 Å². The minimum atomic E-state index is -0.161. The van der Waals surface area contributed by atoms with Gasteiger partial charge in [-0.15, -0.1) is 0 Å². The predicted octanol–water partition coefficient (Wildman–Crippen LogP) is 3.21. The highest BCUT2D eigenvalue weighted by atomic mass is 16.1. The van der Waals surface area contributed by atoms with E-state index in [1.165, 1.54) is 0 Å². The summed E-state index contributed by atoms with van der Waals surface area (Å²) < 4.78 is 0. The van der Waals surface area contributed by atoms with Crippen molar-refractivity contribution in [2.45, 2.75) is 13.5 Å². The smallest absolute Gasteiger partial charge is 0.250 e. The molecule has 1 heterocycles. The molecule has 0 saturated carbocycles. The highest BCUT2D eigenvalue weighted by Crippen LogP contribution is 2.12. The summed E-state index contributed by atoms with van der Waals surface area (Å²) >= 11 is 0. The highest BCUT2D eigenvalue weighted by molar-refractivity contribution is 6.02. The largest absolute Gasteiger partial charge is 0.380 e. The molecule has 2 N–H and O–H groups in total. The second-order valence-corrected chi connectivity index (χ2v) is 4.53. The zero-order valence-electron chi connectivity index (χ0n) is 11.4. The number of nitrogens with zero attached hydrogens (tertiary/aromatic N) is 1. The van der Waals surface area contributed by atoms with Crippen molar-refractivity contribution in [3.63, 3.8) is 0 Å². The van der Waals surface area contributed by atoms with Gasteiger partial charge >= 0.3 is 0 Å². The van der Waals surface area contributed by atoms with Gasteiger partial charge in [-0.2, -0.15) is 0 Å². The molecule has 2 aromatic rings. The third kappa shape index (κ3) is 3.95. The van der Waals surface area contributed by atoms with E-state index in [4.69, 9.17) is 0 Å². The zero-order valence-corrected chi connectivity index (χ0v) is 11.4. The molecule has 0 atom stereocenters. The molecular weight excluding hydrogens is 250 g/mol. The fourth-order valence-corrected chi connectivity index (χ4v) is 1.62. The molecule has 0 radical (unpaired) electrons. The number of anilines is 2. The van der Waals surface area contributed by atoms with Gasteiger partial charge in [0.15, 0.2) is 0 Å². The third-order valence-electron chi connectivity index (χ3n) is 2.76. The molecule has 1 amide bonds. The molecule has 0 saturated heterocycles. The Morgan fingerprint density at radius 1 is 1.20 bits per heavy atom. The van der Waals surface area contributed by atoms with Crippen molar-refractivity contribution in [2.24, 2.45) is 0 Å². The van der Waals surface area contributed by atoms with E-state index in [0.29, 0.717) is 12.1 Å². The summed E-state index contributed by atoms with van der Waals surface area (Å²) in [5.41, 5.74) is 3.37. The lowest BCUT2D eigenvalue weighted by atomic mass is 10.2. The Bertz CT molecular complexity index is 591. The van der Waals surface area contributed by atoms with Crippen LogP contribution in [0, 0.1) is 0 Å². The number of rotatable bonds is 5. The van der Waals surface area contributed by atoms with E-state index in [2.05, 4.69) is 22.2 Å². The SMILES string of the molecule is C=C(C)C(=O)Nc1ccc(CNc2cccnc2)cc1. The molecule has 4 nitrogen and oxygen atoms in total. The highest BCUT2D eigenvalue weighted by Gasteiger charge is 2.02. The summed E-state index contributed by atoms with van der Waals surface area (Å²) in [6.07, 6.45) is 3.52. The van der Waals surface area contributed by atoms with E-state index >= 15 is 0 Å². The molecular formula is C16H17N3O. The molecule has 0 bridgehead atoms. The summed E-state index contributed by atoms with van der Waals surface area (Å²) in [5, 5.41) is 6.05. The Hall–Kier alpha value is -2.62. The number of hydrogen-bond acceptors (Lipinski definition) is 3. The second-order valence-electron chi connectivity index (χ2n) is 4.53. The van der Waals surface area contributed by atoms with E-state index in [9.17, 15) is 4.79 Å². The van der Waals surface area contributed by atoms with Gasteiger partial charge in [0.05, 0.1) is 5.69 Å². The van der Waals surface area contributed by atoms with E-state index in [1.807, 2.05) is 36.4 Å². The van der Waals surface area contributed by atoms with Gasteiger partial charge in [-0.25, -0.2) is 0 Å². The fraction of sp³-hybridized carbons (Fsp3) is 0.125. The Labute approximate surface area is 118 Å². The average molecular weight is 267 g/mol. The first-order valence-corrected chi connectivity index (χ1v) is 6.35. The first-order valence-electron chi connectivity index (χ1n) is 6.35. The molecule has 20 heavy (non-hydrogen) atoms. The van der Waals surface area contributed by atoms with Gasteiger partial charge in [0.25, 0.3) is 5.91 Å². The number of benzene rings is 1. The molecule has 1 aromatic heterocycles. The van der Waals surface area contributed by atoms with Gasteiger partial charge in [-0.05, 0) is 36.8 Å². The van der Waals surface area contributed by atoms with Gasteiger partial charge in [-0.1, -0.05) is 18.7 Å². The van der Waals surface area contributed by atoms with Gasteiger partial charge in [0, 0.05) is 30.2 Å². The Kier molecular flexibility index (Phi) is 4.50. The maximum atomic E-state index is 11.5. The van der Waals surface area contributed by atoms with Crippen LogP contribution in [0.5, 0.6) is 0 Å². The van der Waals surface area contributed by atoms with Crippen LogP contribution in [0.4, 0.5) is 11.4 Å². The Balaban J connectivity index is 1.91. The molecule has 102 valence electrons. The van der Waals surface area contributed by atoms with E-state index in [1.54, 1.807) is 19.3 Å². The molecule has 1 aromatic carbocycles. The minimum absolute atomic E-state index is 0.161. The van der Waals surface area contributed by atoms with Crippen LogP contribution < -0.4 is 10.6 Å². The van der Waals surface area contributed by atoms with Crippen molar-refractivity contribution >= 4 is 17.3 Å². The molecule has 4 heteroatoms. The van der Waals surface area contributed by atoms with Gasteiger partial charge < -0.3 is 10.6 Å². The monoisotopic (exact) mass is 267 g/mol. The molecule has 0 aliphatic heterocycles. The number of aromatic nitrogens is 1. The summed E-state index contributed by atoms with van der Waals surface area (Å²) in [6.45, 7) is 5.99. The van der Waals surface area contributed by atoms with Crippen LogP contribution in [0.2, 0.25) is 0 Å². The van der Waals surface area contributed by atoms with E-state index < -0.39 is 0 Å². The van der Waals surface area contributed by atoms with Crippen molar-refractivity contribution in [1.29, 1.82) is 0 Å². The lowest BCUT2D eigenvalue weighted by Gasteiger charge is -2.08. The standard InChI is InChI=1S/C16H17N3O/c1-12(2)16(20)19-14-7-5-13(6-8-14)10-18-15-4-3-9-17-11-15/h3-9,11,18H,1,10H2,2H3,(H,19,20). The number of pyridine rings is 1. The maximum absolute atomic E-state index is 11.5. The number of hydrogen-bond donors (Lipinski definition) is 2. The second kappa shape index (κ2) is 6.52. The van der Waals surface area contributed by atoms with E-state index in [-0.39, 0.29) is 5.91 Å². The molecule has 0 unspecified atom stereocenters. The van der Waals surface area contributed by atoms with Crippen LogP contribution in [0.3, 0.4) is 0 Å². The summed E-state index contributed by atoms with van der Waals surface area (Å²) in [7, 11) is 0. The predicted molar refractivity (Wildman–Crippen MR) is 81.4 cm³/mol. The lowest BCUT2D eigenvalue weighted by molar-refractivity contribution is -0.112. The average Bonchev–Trinajstić information content (AvgIpc) is 2.47. The zero-order chi connectivity index (χ0) is 14.4. The fourth-order valence-electron chi connectivity index (χ4n) is 1.62. The third-order valence-corrected chi connectivity index (χ3v) is 2.76.